The Labute approximate surface area is 124 Å². The van der Waals surface area contributed by atoms with Gasteiger partial charge in [-0.1, -0.05) is 39.0 Å². The molecule has 0 spiro atoms. The summed E-state index contributed by atoms with van der Waals surface area (Å²) in [5.41, 5.74) is -0.441. The van der Waals surface area contributed by atoms with Crippen LogP contribution < -0.4 is 4.74 Å². The number of hydrogen-bond acceptors (Lipinski definition) is 4. The number of benzene rings is 1. The summed E-state index contributed by atoms with van der Waals surface area (Å²) in [5, 5.41) is 0. The van der Waals surface area contributed by atoms with Crippen LogP contribution in [0.2, 0.25) is 0 Å². The lowest BCUT2D eigenvalue weighted by Gasteiger charge is -2.63. The molecule has 112 valence electrons. The average molecular weight is 288 g/mol. The minimum absolute atomic E-state index is 0.130. The summed E-state index contributed by atoms with van der Waals surface area (Å²) >= 11 is 0. The first-order valence-corrected chi connectivity index (χ1v) is 7.36. The summed E-state index contributed by atoms with van der Waals surface area (Å²) in [5.74, 6) is -0.698. The second kappa shape index (κ2) is 4.33. The lowest BCUT2D eigenvalue weighted by atomic mass is 9.38. The third kappa shape index (κ3) is 1.50. The number of rotatable bonds is 2. The lowest BCUT2D eigenvalue weighted by molar-refractivity contribution is -0.208. The van der Waals surface area contributed by atoms with Crippen LogP contribution >= 0.6 is 0 Å². The molecule has 0 unspecified atom stereocenters. The Bertz CT molecular complexity index is 619. The third-order valence-corrected chi connectivity index (χ3v) is 5.38. The molecule has 0 N–H and O–H groups in total. The number of hydrogen-bond donors (Lipinski definition) is 0. The number of carbonyl (C=O) groups is 2. The number of para-hydroxylation sites is 1. The molecule has 1 aliphatic carbocycles. The van der Waals surface area contributed by atoms with Crippen LogP contribution in [0.1, 0.15) is 39.2 Å². The fourth-order valence-electron chi connectivity index (χ4n) is 4.14. The van der Waals surface area contributed by atoms with E-state index in [9.17, 15) is 9.59 Å². The Kier molecular flexibility index (Phi) is 2.91. The van der Waals surface area contributed by atoms with E-state index in [1.807, 2.05) is 25.1 Å². The zero-order valence-electron chi connectivity index (χ0n) is 12.8. The molecule has 1 aliphatic heterocycles. The molecule has 4 nitrogen and oxygen atoms in total. The van der Waals surface area contributed by atoms with Crippen molar-refractivity contribution in [1.29, 1.82) is 0 Å². The monoisotopic (exact) mass is 288 g/mol. The molecule has 1 heterocycles. The molecule has 0 radical (unpaired) electrons. The van der Waals surface area contributed by atoms with Crippen LogP contribution in [-0.2, 0) is 14.3 Å². The van der Waals surface area contributed by atoms with Crippen molar-refractivity contribution in [1.82, 2.24) is 0 Å². The Morgan fingerprint density at radius 3 is 2.67 bits per heavy atom. The molecule has 1 fully saturated rings. The van der Waals surface area contributed by atoms with Gasteiger partial charge >= 0.3 is 11.9 Å². The highest BCUT2D eigenvalue weighted by molar-refractivity contribution is 6.05. The predicted molar refractivity (Wildman–Crippen MR) is 76.8 cm³/mol. The van der Waals surface area contributed by atoms with E-state index >= 15 is 0 Å². The van der Waals surface area contributed by atoms with Gasteiger partial charge in [0.15, 0.2) is 5.41 Å². The molecule has 1 saturated carbocycles. The van der Waals surface area contributed by atoms with Gasteiger partial charge in [-0.2, -0.15) is 0 Å². The topological polar surface area (TPSA) is 52.6 Å². The molecule has 4 heteroatoms. The van der Waals surface area contributed by atoms with Gasteiger partial charge in [-0.25, -0.2) is 0 Å². The summed E-state index contributed by atoms with van der Waals surface area (Å²) in [7, 11) is 0. The van der Waals surface area contributed by atoms with Crippen molar-refractivity contribution >= 4 is 11.9 Å². The summed E-state index contributed by atoms with van der Waals surface area (Å²) in [6, 6.07) is 7.46. The Balaban J connectivity index is 2.19. The molecule has 1 aromatic rings. The Morgan fingerprint density at radius 1 is 1.33 bits per heavy atom. The van der Waals surface area contributed by atoms with Crippen molar-refractivity contribution in [2.75, 3.05) is 6.61 Å². The van der Waals surface area contributed by atoms with Crippen LogP contribution in [0.25, 0.3) is 0 Å². The molecular weight excluding hydrogens is 268 g/mol. The van der Waals surface area contributed by atoms with Gasteiger partial charge in [0.05, 0.1) is 6.61 Å². The van der Waals surface area contributed by atoms with Crippen LogP contribution in [0.3, 0.4) is 0 Å². The minimum Gasteiger partial charge on any atom is -0.465 e. The second-order valence-electron chi connectivity index (χ2n) is 6.49. The number of carbonyl (C=O) groups excluding carboxylic acids is 2. The van der Waals surface area contributed by atoms with Crippen LogP contribution in [-0.4, -0.2) is 18.5 Å². The van der Waals surface area contributed by atoms with E-state index in [0.717, 1.165) is 5.56 Å². The zero-order chi connectivity index (χ0) is 15.4. The standard InChI is InChI=1S/C17H20O4/c1-5-20-14(18)17-10(2)16(3,4)13(17)11-8-6-7-9-12(11)21-15(17)19/h6-10,13H,5H2,1-4H3/t10-,13-,17-/m1/s1. The van der Waals surface area contributed by atoms with Crippen molar-refractivity contribution < 1.29 is 19.1 Å². The van der Waals surface area contributed by atoms with Crippen molar-refractivity contribution in [2.24, 2.45) is 16.7 Å². The van der Waals surface area contributed by atoms with E-state index in [1.54, 1.807) is 13.0 Å². The van der Waals surface area contributed by atoms with Crippen molar-refractivity contribution in [3.63, 3.8) is 0 Å². The fraction of sp³-hybridized carbons (Fsp3) is 0.529. The molecule has 0 bridgehead atoms. The second-order valence-corrected chi connectivity index (χ2v) is 6.49. The van der Waals surface area contributed by atoms with Gasteiger partial charge in [-0.05, 0) is 24.3 Å². The molecule has 3 atom stereocenters. The van der Waals surface area contributed by atoms with E-state index in [4.69, 9.17) is 9.47 Å². The zero-order valence-corrected chi connectivity index (χ0v) is 12.8. The summed E-state index contributed by atoms with van der Waals surface area (Å²) in [6.45, 7) is 8.13. The van der Waals surface area contributed by atoms with E-state index in [0.29, 0.717) is 5.75 Å². The first-order valence-electron chi connectivity index (χ1n) is 7.36. The molecule has 2 aliphatic rings. The van der Waals surface area contributed by atoms with Crippen molar-refractivity contribution in [3.8, 4) is 5.75 Å². The van der Waals surface area contributed by atoms with Crippen LogP contribution in [0.4, 0.5) is 0 Å². The number of esters is 2. The molecule has 3 rings (SSSR count). The van der Waals surface area contributed by atoms with Crippen LogP contribution in [0.15, 0.2) is 24.3 Å². The first-order chi connectivity index (χ1) is 9.88. The normalized spacial score (nSPS) is 32.3. The number of ether oxygens (including phenoxy) is 2. The highest BCUT2D eigenvalue weighted by atomic mass is 16.6. The van der Waals surface area contributed by atoms with Crippen LogP contribution in [0, 0.1) is 16.7 Å². The first kappa shape index (κ1) is 14.1. The van der Waals surface area contributed by atoms with E-state index in [1.165, 1.54) is 0 Å². The van der Waals surface area contributed by atoms with Gasteiger partial charge in [-0.15, -0.1) is 0 Å². The molecule has 21 heavy (non-hydrogen) atoms. The molecule has 0 amide bonds. The maximum absolute atomic E-state index is 12.6. The largest absolute Gasteiger partial charge is 0.465 e. The summed E-state index contributed by atoms with van der Waals surface area (Å²) in [4.78, 5) is 25.2. The van der Waals surface area contributed by atoms with Gasteiger partial charge in [0, 0.05) is 11.5 Å². The lowest BCUT2D eigenvalue weighted by Crippen LogP contribution is -2.69. The maximum Gasteiger partial charge on any atom is 0.329 e. The molecule has 0 saturated heterocycles. The predicted octanol–water partition coefficient (Wildman–Crippen LogP) is 2.91. The SMILES string of the molecule is CCOC(=O)[C@]12C(=O)Oc3ccccc3[C@@H]1C(C)(C)[C@H]2C. The van der Waals surface area contributed by atoms with Gasteiger partial charge < -0.3 is 9.47 Å². The maximum atomic E-state index is 12.6. The third-order valence-electron chi connectivity index (χ3n) is 5.38. The van der Waals surface area contributed by atoms with E-state index in [-0.39, 0.29) is 23.9 Å². The quantitative estimate of drug-likeness (QED) is 0.477. The average Bonchev–Trinajstić information content (AvgIpc) is 2.45. The molecule has 1 aromatic carbocycles. The van der Waals surface area contributed by atoms with Gasteiger partial charge in [-0.3, -0.25) is 9.59 Å². The smallest absolute Gasteiger partial charge is 0.329 e. The molecule has 0 aromatic heterocycles. The van der Waals surface area contributed by atoms with E-state index < -0.39 is 17.4 Å². The Hall–Kier alpha value is -1.84. The van der Waals surface area contributed by atoms with Gasteiger partial charge in [0.1, 0.15) is 5.75 Å². The minimum atomic E-state index is -1.20. The number of fused-ring (bicyclic) bond motifs is 3. The highest BCUT2D eigenvalue weighted by Crippen LogP contribution is 2.71. The summed E-state index contributed by atoms with van der Waals surface area (Å²) < 4.78 is 10.7. The summed E-state index contributed by atoms with van der Waals surface area (Å²) in [6.07, 6.45) is 0. The van der Waals surface area contributed by atoms with Gasteiger partial charge in [0.25, 0.3) is 0 Å². The fourth-order valence-corrected chi connectivity index (χ4v) is 4.14. The molecular formula is C17H20O4. The van der Waals surface area contributed by atoms with Crippen molar-refractivity contribution in [3.05, 3.63) is 29.8 Å². The van der Waals surface area contributed by atoms with Crippen LogP contribution in [0.5, 0.6) is 5.75 Å². The van der Waals surface area contributed by atoms with E-state index in [2.05, 4.69) is 13.8 Å². The van der Waals surface area contributed by atoms with Gasteiger partial charge in [0.2, 0.25) is 0 Å². The van der Waals surface area contributed by atoms with Crippen molar-refractivity contribution in [2.45, 2.75) is 33.6 Å². The Morgan fingerprint density at radius 2 is 2.00 bits per heavy atom. The highest BCUT2D eigenvalue weighted by Gasteiger charge is 2.76.